The van der Waals surface area contributed by atoms with Crippen molar-refractivity contribution in [3.63, 3.8) is 0 Å². The number of carbonyl (C=O) groups excluding carboxylic acids is 1. The molecule has 24 heavy (non-hydrogen) atoms. The van der Waals surface area contributed by atoms with E-state index in [1.165, 1.54) is 37.7 Å². The summed E-state index contributed by atoms with van der Waals surface area (Å²) in [5, 5.41) is 0. The number of carbonyl (C=O) groups is 1. The van der Waals surface area contributed by atoms with Gasteiger partial charge >= 0.3 is 0 Å². The summed E-state index contributed by atoms with van der Waals surface area (Å²) in [5.74, 6) is 9.70. The lowest BCUT2D eigenvalue weighted by molar-refractivity contribution is -0.117. The minimum atomic E-state index is 0.205. The van der Waals surface area contributed by atoms with E-state index in [1.54, 1.807) is 0 Å². The van der Waals surface area contributed by atoms with E-state index in [-0.39, 0.29) is 5.41 Å². The third-order valence-electron chi connectivity index (χ3n) is 8.97. The molecule has 1 nitrogen and oxygen atoms in total. The molecule has 4 aliphatic carbocycles. The SMILES string of the molecule is CC#C[C@@]1(C)CC[C@H]2C3CCC4=CC(=O)CC[C@]4(C)[C@H]3CC[C@@]21C. The van der Waals surface area contributed by atoms with Gasteiger partial charge in [0, 0.05) is 11.8 Å². The van der Waals surface area contributed by atoms with Gasteiger partial charge in [0.25, 0.3) is 0 Å². The summed E-state index contributed by atoms with van der Waals surface area (Å²) in [7, 11) is 0. The summed E-state index contributed by atoms with van der Waals surface area (Å²) in [6.45, 7) is 9.46. The van der Waals surface area contributed by atoms with Crippen LogP contribution in [0.25, 0.3) is 0 Å². The first-order valence-electron chi connectivity index (χ1n) is 10.0. The van der Waals surface area contributed by atoms with Crippen LogP contribution in [0.2, 0.25) is 0 Å². The fraction of sp³-hybridized carbons (Fsp3) is 0.783. The number of allylic oxidation sites excluding steroid dienone is 1. The van der Waals surface area contributed by atoms with Gasteiger partial charge in [-0.3, -0.25) is 4.79 Å². The second kappa shape index (κ2) is 5.23. The predicted molar refractivity (Wildman–Crippen MR) is 98.3 cm³/mol. The minimum absolute atomic E-state index is 0.205. The van der Waals surface area contributed by atoms with Crippen molar-refractivity contribution in [3.05, 3.63) is 11.6 Å². The monoisotopic (exact) mass is 324 g/mol. The standard InChI is InChI=1S/C23H32O/c1-5-11-21(2)12-9-20-18-7-6-16-15-17(24)8-13-22(16,3)19(18)10-14-23(20,21)4/h15,18-20H,6-10,12-14H2,1-4H3/t18?,19-,20-,21-,22-,23-/m0/s1. The van der Waals surface area contributed by atoms with Gasteiger partial charge in [0.15, 0.2) is 5.78 Å². The fourth-order valence-corrected chi connectivity index (χ4v) is 7.31. The number of hydrogen-bond acceptors (Lipinski definition) is 1. The van der Waals surface area contributed by atoms with Crippen molar-refractivity contribution >= 4 is 5.78 Å². The van der Waals surface area contributed by atoms with Gasteiger partial charge in [-0.1, -0.05) is 25.3 Å². The number of fused-ring (bicyclic) bond motifs is 5. The van der Waals surface area contributed by atoms with Gasteiger partial charge in [-0.15, -0.1) is 5.92 Å². The van der Waals surface area contributed by atoms with Crippen LogP contribution in [-0.2, 0) is 4.79 Å². The molecule has 1 heteroatoms. The lowest BCUT2D eigenvalue weighted by Crippen LogP contribution is -2.52. The smallest absolute Gasteiger partial charge is 0.155 e. The molecule has 0 aromatic heterocycles. The fourth-order valence-electron chi connectivity index (χ4n) is 7.31. The van der Waals surface area contributed by atoms with Gasteiger partial charge in [0.05, 0.1) is 0 Å². The zero-order valence-electron chi connectivity index (χ0n) is 15.9. The Kier molecular flexibility index (Phi) is 3.58. The molecule has 0 saturated heterocycles. The van der Waals surface area contributed by atoms with Gasteiger partial charge in [-0.2, -0.15) is 0 Å². The third kappa shape index (κ3) is 1.98. The summed E-state index contributed by atoms with van der Waals surface area (Å²) in [4.78, 5) is 11.9. The van der Waals surface area contributed by atoms with E-state index in [4.69, 9.17) is 0 Å². The summed E-state index contributed by atoms with van der Waals surface area (Å²) >= 11 is 0. The molecule has 0 bridgehead atoms. The van der Waals surface area contributed by atoms with Crippen molar-refractivity contribution < 1.29 is 4.79 Å². The molecule has 6 atom stereocenters. The normalized spacial score (nSPS) is 50.1. The Morgan fingerprint density at radius 3 is 2.50 bits per heavy atom. The largest absolute Gasteiger partial charge is 0.295 e. The molecule has 4 rings (SSSR count). The Bertz CT molecular complexity index is 661. The molecule has 3 fully saturated rings. The van der Waals surface area contributed by atoms with Gasteiger partial charge in [-0.05, 0) is 93.5 Å². The first-order chi connectivity index (χ1) is 11.3. The molecule has 3 saturated carbocycles. The predicted octanol–water partition coefficient (Wildman–Crippen LogP) is 5.55. The molecule has 0 amide bonds. The van der Waals surface area contributed by atoms with E-state index < -0.39 is 0 Å². The van der Waals surface area contributed by atoms with Gasteiger partial charge < -0.3 is 0 Å². The Balaban J connectivity index is 1.69. The molecule has 0 aliphatic heterocycles. The highest BCUT2D eigenvalue weighted by Crippen LogP contribution is 2.69. The molecular weight excluding hydrogens is 292 g/mol. The van der Waals surface area contributed by atoms with Gasteiger partial charge in [-0.25, -0.2) is 0 Å². The van der Waals surface area contributed by atoms with Crippen LogP contribution in [-0.4, -0.2) is 5.78 Å². The second-order valence-electron chi connectivity index (χ2n) is 9.67. The van der Waals surface area contributed by atoms with Crippen LogP contribution in [0, 0.1) is 45.8 Å². The van der Waals surface area contributed by atoms with Crippen molar-refractivity contribution in [1.29, 1.82) is 0 Å². The highest BCUT2D eigenvalue weighted by Gasteiger charge is 2.62. The molecule has 0 radical (unpaired) electrons. The lowest BCUT2D eigenvalue weighted by atomic mass is 9.45. The minimum Gasteiger partial charge on any atom is -0.295 e. The zero-order chi connectivity index (χ0) is 17.2. The van der Waals surface area contributed by atoms with E-state index >= 15 is 0 Å². The maximum absolute atomic E-state index is 11.9. The third-order valence-corrected chi connectivity index (χ3v) is 8.97. The molecular formula is C23H32O. The first-order valence-corrected chi connectivity index (χ1v) is 10.0. The van der Waals surface area contributed by atoms with Crippen LogP contribution >= 0.6 is 0 Å². The van der Waals surface area contributed by atoms with Crippen LogP contribution < -0.4 is 0 Å². The van der Waals surface area contributed by atoms with E-state index in [0.717, 1.165) is 37.0 Å². The quantitative estimate of drug-likeness (QED) is 0.534. The molecule has 4 aliphatic rings. The Morgan fingerprint density at radius 1 is 1.00 bits per heavy atom. The average Bonchev–Trinajstić information content (AvgIpc) is 2.80. The maximum atomic E-state index is 11.9. The van der Waals surface area contributed by atoms with Crippen LogP contribution in [0.3, 0.4) is 0 Å². The Labute approximate surface area is 147 Å². The Morgan fingerprint density at radius 2 is 1.75 bits per heavy atom. The summed E-state index contributed by atoms with van der Waals surface area (Å²) in [5.41, 5.74) is 2.38. The lowest BCUT2D eigenvalue weighted by Gasteiger charge is -2.59. The molecule has 0 spiro atoms. The van der Waals surface area contributed by atoms with Crippen molar-refractivity contribution in [2.45, 2.75) is 79.1 Å². The van der Waals surface area contributed by atoms with Gasteiger partial charge in [0.2, 0.25) is 0 Å². The van der Waals surface area contributed by atoms with Crippen LogP contribution in [0.5, 0.6) is 0 Å². The van der Waals surface area contributed by atoms with Crippen molar-refractivity contribution in [1.82, 2.24) is 0 Å². The molecule has 0 N–H and O–H groups in total. The second-order valence-corrected chi connectivity index (χ2v) is 9.67. The summed E-state index contributed by atoms with van der Waals surface area (Å²) in [6.07, 6.45) is 11.6. The van der Waals surface area contributed by atoms with Gasteiger partial charge in [0.1, 0.15) is 0 Å². The maximum Gasteiger partial charge on any atom is 0.155 e. The van der Waals surface area contributed by atoms with Crippen LogP contribution in [0.4, 0.5) is 0 Å². The highest BCUT2D eigenvalue weighted by atomic mass is 16.1. The van der Waals surface area contributed by atoms with Crippen molar-refractivity contribution in [3.8, 4) is 11.8 Å². The molecule has 0 aromatic rings. The number of ketones is 1. The molecule has 130 valence electrons. The topological polar surface area (TPSA) is 17.1 Å². The van der Waals surface area contributed by atoms with Crippen molar-refractivity contribution in [2.24, 2.45) is 34.0 Å². The van der Waals surface area contributed by atoms with Crippen LogP contribution in [0.15, 0.2) is 11.6 Å². The first kappa shape index (κ1) is 16.4. The van der Waals surface area contributed by atoms with E-state index in [2.05, 4.69) is 32.6 Å². The van der Waals surface area contributed by atoms with E-state index in [1.807, 2.05) is 13.0 Å². The number of hydrogen-bond donors (Lipinski definition) is 0. The average molecular weight is 325 g/mol. The van der Waals surface area contributed by atoms with Crippen molar-refractivity contribution in [2.75, 3.05) is 0 Å². The summed E-state index contributed by atoms with van der Waals surface area (Å²) < 4.78 is 0. The highest BCUT2D eigenvalue weighted by molar-refractivity contribution is 5.91. The molecule has 0 heterocycles. The Hall–Kier alpha value is -1.03. The van der Waals surface area contributed by atoms with E-state index in [9.17, 15) is 4.79 Å². The van der Waals surface area contributed by atoms with E-state index in [0.29, 0.717) is 16.6 Å². The number of rotatable bonds is 0. The molecule has 1 unspecified atom stereocenters. The molecule has 0 aromatic carbocycles. The zero-order valence-corrected chi connectivity index (χ0v) is 15.9. The van der Waals surface area contributed by atoms with Crippen LogP contribution in [0.1, 0.15) is 79.1 Å². The summed E-state index contributed by atoms with van der Waals surface area (Å²) in [6, 6.07) is 0.